The smallest absolute Gasteiger partial charge is 0.211 e. The number of aryl methyl sites for hydroxylation is 1. The van der Waals surface area contributed by atoms with E-state index < -0.39 is 0 Å². The second-order valence-electron chi connectivity index (χ2n) is 3.23. The number of imidazole rings is 1. The lowest BCUT2D eigenvalue weighted by atomic mass is 10.2. The fourth-order valence-electron chi connectivity index (χ4n) is 1.45. The molecular formula is C11H11N3O. The lowest BCUT2D eigenvalue weighted by Crippen LogP contribution is -1.98. The predicted molar refractivity (Wildman–Crippen MR) is 58.0 cm³/mol. The summed E-state index contributed by atoms with van der Waals surface area (Å²) in [6.07, 6.45) is 6.02. The summed E-state index contributed by atoms with van der Waals surface area (Å²) < 4.78 is 1.91. The Bertz CT molecular complexity index is 463. The normalized spacial score (nSPS) is 9.93. The number of nitrogens with zero attached hydrogens (tertiary/aromatic N) is 2. The monoisotopic (exact) mass is 201 g/mol. The number of nitrogens with one attached hydrogen (secondary N) is 1. The molecule has 15 heavy (non-hydrogen) atoms. The van der Waals surface area contributed by atoms with Crippen LogP contribution in [0.25, 0.3) is 5.69 Å². The van der Waals surface area contributed by atoms with Crippen molar-refractivity contribution < 1.29 is 4.79 Å². The Hall–Kier alpha value is -2.10. The molecule has 1 heterocycles. The van der Waals surface area contributed by atoms with Crippen LogP contribution in [0.15, 0.2) is 36.9 Å². The lowest BCUT2D eigenvalue weighted by Gasteiger charge is -2.07. The molecule has 0 saturated carbocycles. The van der Waals surface area contributed by atoms with E-state index in [1.807, 2.05) is 35.9 Å². The molecule has 1 aromatic carbocycles. The average molecular weight is 201 g/mol. The molecule has 4 heteroatoms. The third-order valence-electron chi connectivity index (χ3n) is 2.23. The zero-order valence-electron chi connectivity index (χ0n) is 8.34. The summed E-state index contributed by atoms with van der Waals surface area (Å²) in [6, 6.07) is 5.80. The Morgan fingerprint density at radius 1 is 1.47 bits per heavy atom. The molecule has 0 fully saturated rings. The van der Waals surface area contributed by atoms with Gasteiger partial charge in [-0.3, -0.25) is 4.79 Å². The van der Waals surface area contributed by atoms with Gasteiger partial charge in [-0.05, 0) is 30.7 Å². The second kappa shape index (κ2) is 3.96. The summed E-state index contributed by atoms with van der Waals surface area (Å²) in [7, 11) is 0. The number of benzene rings is 1. The first-order valence-electron chi connectivity index (χ1n) is 4.60. The van der Waals surface area contributed by atoms with Gasteiger partial charge in [0.25, 0.3) is 0 Å². The molecule has 0 unspecified atom stereocenters. The maximum Gasteiger partial charge on any atom is 0.211 e. The van der Waals surface area contributed by atoms with E-state index in [9.17, 15) is 4.79 Å². The minimum absolute atomic E-state index is 0.680. The van der Waals surface area contributed by atoms with E-state index in [0.29, 0.717) is 6.41 Å². The summed E-state index contributed by atoms with van der Waals surface area (Å²) in [5.74, 6) is 0. The van der Waals surface area contributed by atoms with Gasteiger partial charge in [0.15, 0.2) is 0 Å². The molecule has 0 aliphatic heterocycles. The van der Waals surface area contributed by atoms with Gasteiger partial charge in [-0.15, -0.1) is 0 Å². The first-order valence-corrected chi connectivity index (χ1v) is 4.60. The fraction of sp³-hybridized carbons (Fsp3) is 0.0909. The molecule has 0 bridgehead atoms. The Morgan fingerprint density at radius 2 is 2.33 bits per heavy atom. The van der Waals surface area contributed by atoms with Crippen LogP contribution in [0.3, 0.4) is 0 Å². The van der Waals surface area contributed by atoms with Crippen molar-refractivity contribution in [1.82, 2.24) is 9.55 Å². The number of aromatic nitrogens is 2. The molecule has 1 aromatic heterocycles. The maximum atomic E-state index is 10.3. The number of amides is 1. The van der Waals surface area contributed by atoms with Gasteiger partial charge in [-0.25, -0.2) is 4.98 Å². The Labute approximate surface area is 87.6 Å². The van der Waals surface area contributed by atoms with Gasteiger partial charge in [0.1, 0.15) is 0 Å². The van der Waals surface area contributed by atoms with Crippen LogP contribution in [0.2, 0.25) is 0 Å². The van der Waals surface area contributed by atoms with Crippen molar-refractivity contribution in [1.29, 1.82) is 0 Å². The summed E-state index contributed by atoms with van der Waals surface area (Å²) in [6.45, 7) is 1.95. The summed E-state index contributed by atoms with van der Waals surface area (Å²) in [5, 5.41) is 2.64. The number of hydrogen-bond acceptors (Lipinski definition) is 2. The second-order valence-corrected chi connectivity index (χ2v) is 3.23. The molecule has 0 atom stereocenters. The number of hydrogen-bond donors (Lipinski definition) is 1. The maximum absolute atomic E-state index is 10.3. The number of carbonyl (C=O) groups excluding carboxylic acids is 1. The molecule has 2 aromatic rings. The molecule has 0 spiro atoms. The summed E-state index contributed by atoms with van der Waals surface area (Å²) >= 11 is 0. The van der Waals surface area contributed by atoms with Crippen LogP contribution in [0, 0.1) is 6.92 Å². The van der Waals surface area contributed by atoms with Crippen molar-refractivity contribution in [2.24, 2.45) is 0 Å². The minimum atomic E-state index is 0.680. The van der Waals surface area contributed by atoms with Crippen molar-refractivity contribution in [3.05, 3.63) is 42.5 Å². The zero-order valence-corrected chi connectivity index (χ0v) is 8.34. The van der Waals surface area contributed by atoms with Crippen LogP contribution in [0.1, 0.15) is 5.56 Å². The first-order chi connectivity index (χ1) is 7.31. The van der Waals surface area contributed by atoms with Gasteiger partial charge in [0.2, 0.25) is 6.41 Å². The van der Waals surface area contributed by atoms with E-state index >= 15 is 0 Å². The highest BCUT2D eigenvalue weighted by molar-refractivity contribution is 5.73. The highest BCUT2D eigenvalue weighted by atomic mass is 16.1. The van der Waals surface area contributed by atoms with E-state index in [1.165, 1.54) is 0 Å². The molecular weight excluding hydrogens is 190 g/mol. The first kappa shape index (κ1) is 9.45. The van der Waals surface area contributed by atoms with Crippen LogP contribution in [-0.4, -0.2) is 16.0 Å². The molecule has 0 aliphatic carbocycles. The van der Waals surface area contributed by atoms with Gasteiger partial charge in [0.05, 0.1) is 6.33 Å². The Morgan fingerprint density at radius 3 is 2.93 bits per heavy atom. The van der Waals surface area contributed by atoms with Crippen molar-refractivity contribution in [3.8, 4) is 5.69 Å². The molecule has 0 radical (unpaired) electrons. The van der Waals surface area contributed by atoms with Gasteiger partial charge in [0, 0.05) is 23.8 Å². The SMILES string of the molecule is Cc1cc(-n2ccnc2)ccc1NC=O. The van der Waals surface area contributed by atoms with Gasteiger partial charge in [-0.1, -0.05) is 0 Å². The van der Waals surface area contributed by atoms with Gasteiger partial charge in [-0.2, -0.15) is 0 Å². The molecule has 0 saturated heterocycles. The van der Waals surface area contributed by atoms with Gasteiger partial charge >= 0.3 is 0 Å². The lowest BCUT2D eigenvalue weighted by molar-refractivity contribution is -0.105. The Balaban J connectivity index is 2.37. The molecule has 1 amide bonds. The number of rotatable bonds is 3. The molecule has 0 aliphatic rings. The largest absolute Gasteiger partial charge is 0.328 e. The van der Waals surface area contributed by atoms with Crippen LogP contribution in [0.4, 0.5) is 5.69 Å². The highest BCUT2D eigenvalue weighted by Gasteiger charge is 2.00. The quantitative estimate of drug-likeness (QED) is 0.769. The molecule has 4 nitrogen and oxygen atoms in total. The van der Waals surface area contributed by atoms with E-state index in [4.69, 9.17) is 0 Å². The fourth-order valence-corrected chi connectivity index (χ4v) is 1.45. The predicted octanol–water partition coefficient (Wildman–Crippen LogP) is 1.75. The molecule has 2 rings (SSSR count). The minimum Gasteiger partial charge on any atom is -0.328 e. The third kappa shape index (κ3) is 1.88. The molecule has 1 N–H and O–H groups in total. The zero-order chi connectivity index (χ0) is 10.7. The van der Waals surface area contributed by atoms with Crippen molar-refractivity contribution in [2.75, 3.05) is 5.32 Å². The summed E-state index contributed by atoms with van der Waals surface area (Å²) in [5.41, 5.74) is 2.88. The topological polar surface area (TPSA) is 46.9 Å². The van der Waals surface area contributed by atoms with E-state index in [2.05, 4.69) is 10.3 Å². The van der Waals surface area contributed by atoms with Crippen LogP contribution in [0.5, 0.6) is 0 Å². The number of carbonyl (C=O) groups is 1. The van der Waals surface area contributed by atoms with Gasteiger partial charge < -0.3 is 9.88 Å². The van der Waals surface area contributed by atoms with Crippen LogP contribution in [-0.2, 0) is 4.79 Å². The van der Waals surface area contributed by atoms with Crippen LogP contribution >= 0.6 is 0 Å². The summed E-state index contributed by atoms with van der Waals surface area (Å²) in [4.78, 5) is 14.3. The Kier molecular flexibility index (Phi) is 2.49. The van der Waals surface area contributed by atoms with E-state index in [0.717, 1.165) is 16.9 Å². The average Bonchev–Trinajstić information content (AvgIpc) is 2.74. The van der Waals surface area contributed by atoms with Crippen molar-refractivity contribution >= 4 is 12.1 Å². The van der Waals surface area contributed by atoms with E-state index in [1.54, 1.807) is 12.5 Å². The highest BCUT2D eigenvalue weighted by Crippen LogP contribution is 2.18. The van der Waals surface area contributed by atoms with Crippen LogP contribution < -0.4 is 5.32 Å². The standard InChI is InChI=1S/C11H11N3O/c1-9-6-10(14-5-4-12-7-14)2-3-11(9)13-8-15/h2-8H,1H3,(H,13,15). The van der Waals surface area contributed by atoms with E-state index in [-0.39, 0.29) is 0 Å². The molecule has 76 valence electrons. The third-order valence-corrected chi connectivity index (χ3v) is 2.23. The van der Waals surface area contributed by atoms with Crippen molar-refractivity contribution in [2.45, 2.75) is 6.92 Å². The number of anilines is 1. The van der Waals surface area contributed by atoms with Crippen molar-refractivity contribution in [3.63, 3.8) is 0 Å².